The lowest BCUT2D eigenvalue weighted by Gasteiger charge is -2.27. The van der Waals surface area contributed by atoms with Gasteiger partial charge in [0.25, 0.3) is 6.43 Å². The normalized spacial score (nSPS) is 14.8. The molecule has 0 heterocycles. The lowest BCUT2D eigenvalue weighted by atomic mass is 10.0. The molecule has 0 aliphatic rings. The molecule has 2 N–H and O–H groups in total. The van der Waals surface area contributed by atoms with Crippen LogP contribution in [0.2, 0.25) is 0 Å². The molecule has 4 nitrogen and oxygen atoms in total. The maximum atomic E-state index is 13.0. The summed E-state index contributed by atoms with van der Waals surface area (Å²) in [6.45, 7) is 8.51. The van der Waals surface area contributed by atoms with Gasteiger partial charge < -0.3 is 9.87 Å². The Hall–Kier alpha value is -1.18. The van der Waals surface area contributed by atoms with E-state index in [1.165, 1.54) is 19.1 Å². The summed E-state index contributed by atoms with van der Waals surface area (Å²) in [5, 5.41) is 2.50. The maximum Gasteiger partial charge on any atom is 0.263 e. The van der Waals surface area contributed by atoms with Gasteiger partial charge in [-0.05, 0) is 51.5 Å². The van der Waals surface area contributed by atoms with Crippen molar-refractivity contribution in [2.24, 2.45) is 0 Å². The quantitative estimate of drug-likeness (QED) is 0.808. The van der Waals surface area contributed by atoms with Gasteiger partial charge in [0.15, 0.2) is 0 Å². The molecule has 1 rings (SSSR count). The Morgan fingerprint density at radius 1 is 1.23 bits per heavy atom. The van der Waals surface area contributed by atoms with Crippen LogP contribution in [0.5, 0.6) is 0 Å². The second kappa shape index (κ2) is 7.39. The smallest absolute Gasteiger partial charge is 0.263 e. The molecule has 0 radical (unpaired) electrons. The molecule has 0 aliphatic carbocycles. The van der Waals surface area contributed by atoms with Gasteiger partial charge in [-0.25, -0.2) is 8.78 Å². The van der Waals surface area contributed by atoms with E-state index < -0.39 is 28.6 Å². The van der Waals surface area contributed by atoms with Crippen molar-refractivity contribution in [3.8, 4) is 0 Å². The van der Waals surface area contributed by atoms with E-state index in [2.05, 4.69) is 10.0 Å². The summed E-state index contributed by atoms with van der Waals surface area (Å²) in [5.41, 5.74) is 0.658. The predicted octanol–water partition coefficient (Wildman–Crippen LogP) is 3.70. The van der Waals surface area contributed by atoms with Gasteiger partial charge >= 0.3 is 0 Å². The fourth-order valence-electron chi connectivity index (χ4n) is 1.73. The summed E-state index contributed by atoms with van der Waals surface area (Å²) >= 11 is -1.33. The highest BCUT2D eigenvalue weighted by Gasteiger charge is 2.28. The fourth-order valence-corrected chi connectivity index (χ4v) is 2.54. The van der Waals surface area contributed by atoms with Crippen molar-refractivity contribution in [1.29, 1.82) is 0 Å². The predicted molar refractivity (Wildman–Crippen MR) is 85.1 cm³/mol. The van der Waals surface area contributed by atoms with Crippen molar-refractivity contribution in [2.75, 3.05) is 5.32 Å². The monoisotopic (exact) mass is 332 g/mol. The van der Waals surface area contributed by atoms with Gasteiger partial charge in [0, 0.05) is 29.5 Å². The van der Waals surface area contributed by atoms with Crippen LogP contribution in [0.4, 0.5) is 14.5 Å². The summed E-state index contributed by atoms with van der Waals surface area (Å²) in [6, 6.07) is 3.80. The number of carbonyl (C=O) groups excluding carboxylic acids is 1. The fraction of sp³-hybridized carbons (Fsp3) is 0.533. The zero-order valence-corrected chi connectivity index (χ0v) is 14.2. The van der Waals surface area contributed by atoms with Gasteiger partial charge in [-0.2, -0.15) is 0 Å². The minimum atomic E-state index is -2.65. The van der Waals surface area contributed by atoms with Gasteiger partial charge in [-0.1, -0.05) is 0 Å². The SMILES string of the molecule is CC(=O)Nc1cc(C(F)F)cc([C@H](C)N[S@+]([O-])C(C)(C)C)c1. The topological polar surface area (TPSA) is 64.2 Å². The largest absolute Gasteiger partial charge is 0.598 e. The van der Waals surface area contributed by atoms with E-state index in [0.29, 0.717) is 11.3 Å². The number of hydrogen-bond donors (Lipinski definition) is 2. The third-order valence-electron chi connectivity index (χ3n) is 2.89. The molecular weight excluding hydrogens is 310 g/mol. The third kappa shape index (κ3) is 5.55. The Morgan fingerprint density at radius 2 is 1.77 bits per heavy atom. The van der Waals surface area contributed by atoms with Crippen LogP contribution in [-0.2, 0) is 16.2 Å². The number of nitrogens with one attached hydrogen (secondary N) is 2. The van der Waals surface area contributed by atoms with Crippen molar-refractivity contribution < 1.29 is 18.1 Å². The first kappa shape index (κ1) is 18.9. The van der Waals surface area contributed by atoms with Crippen LogP contribution in [0.25, 0.3) is 0 Å². The molecule has 0 bridgehead atoms. The van der Waals surface area contributed by atoms with Crippen LogP contribution in [0.15, 0.2) is 18.2 Å². The molecular formula is C15H22F2N2O2S. The Bertz CT molecular complexity index is 533. The van der Waals surface area contributed by atoms with E-state index in [-0.39, 0.29) is 11.5 Å². The molecule has 0 saturated heterocycles. The molecule has 1 aromatic rings. The van der Waals surface area contributed by atoms with Crippen molar-refractivity contribution in [1.82, 2.24) is 4.72 Å². The first-order valence-corrected chi connectivity index (χ1v) is 8.04. The average molecular weight is 332 g/mol. The maximum absolute atomic E-state index is 13.0. The summed E-state index contributed by atoms with van der Waals surface area (Å²) < 4.78 is 40.5. The number of halogens is 2. The van der Waals surface area contributed by atoms with E-state index in [1.807, 2.05) is 20.8 Å². The molecule has 0 aliphatic heterocycles. The third-order valence-corrected chi connectivity index (χ3v) is 4.57. The molecule has 0 unspecified atom stereocenters. The summed E-state index contributed by atoms with van der Waals surface area (Å²) in [7, 11) is 0. The van der Waals surface area contributed by atoms with Crippen LogP contribution >= 0.6 is 0 Å². The Balaban J connectivity index is 3.06. The number of anilines is 1. The molecule has 0 spiro atoms. The molecule has 22 heavy (non-hydrogen) atoms. The zero-order chi connectivity index (χ0) is 17.1. The first-order valence-electron chi connectivity index (χ1n) is 6.89. The van der Waals surface area contributed by atoms with E-state index in [1.54, 1.807) is 13.0 Å². The van der Waals surface area contributed by atoms with Gasteiger partial charge in [0.2, 0.25) is 5.91 Å². The Kier molecular flexibility index (Phi) is 6.34. The summed E-state index contributed by atoms with van der Waals surface area (Å²) in [4.78, 5) is 11.1. The molecule has 2 atom stereocenters. The van der Waals surface area contributed by atoms with Crippen molar-refractivity contribution in [2.45, 2.75) is 51.8 Å². The highest BCUT2D eigenvalue weighted by atomic mass is 32.2. The van der Waals surface area contributed by atoms with E-state index in [0.717, 1.165) is 0 Å². The van der Waals surface area contributed by atoms with E-state index in [4.69, 9.17) is 0 Å². The van der Waals surface area contributed by atoms with Gasteiger partial charge in [0.05, 0.1) is 6.04 Å². The molecule has 0 saturated carbocycles. The first-order chi connectivity index (χ1) is 10.0. The molecule has 0 fully saturated rings. The minimum Gasteiger partial charge on any atom is -0.598 e. The molecule has 1 amide bonds. The molecule has 0 aromatic heterocycles. The summed E-state index contributed by atoms with van der Waals surface area (Å²) in [6.07, 6.45) is -2.65. The van der Waals surface area contributed by atoms with Crippen molar-refractivity contribution in [3.05, 3.63) is 29.3 Å². The van der Waals surface area contributed by atoms with Crippen LogP contribution < -0.4 is 10.0 Å². The second-order valence-electron chi connectivity index (χ2n) is 6.09. The number of alkyl halides is 2. The summed E-state index contributed by atoms with van der Waals surface area (Å²) in [5.74, 6) is -0.337. The van der Waals surface area contributed by atoms with Crippen molar-refractivity contribution in [3.63, 3.8) is 0 Å². The average Bonchev–Trinajstić information content (AvgIpc) is 2.36. The highest BCUT2D eigenvalue weighted by molar-refractivity contribution is 7.90. The van der Waals surface area contributed by atoms with Crippen LogP contribution in [0.1, 0.15) is 58.2 Å². The number of carbonyl (C=O) groups is 1. The van der Waals surface area contributed by atoms with Gasteiger partial charge in [-0.15, -0.1) is 4.72 Å². The van der Waals surface area contributed by atoms with Crippen molar-refractivity contribution >= 4 is 23.0 Å². The number of benzene rings is 1. The van der Waals surface area contributed by atoms with Crippen LogP contribution in [0.3, 0.4) is 0 Å². The molecule has 1 aromatic carbocycles. The van der Waals surface area contributed by atoms with Gasteiger partial charge in [-0.3, -0.25) is 4.79 Å². The van der Waals surface area contributed by atoms with Gasteiger partial charge in [0.1, 0.15) is 4.75 Å². The Morgan fingerprint density at radius 3 is 2.23 bits per heavy atom. The minimum absolute atomic E-state index is 0.184. The lowest BCUT2D eigenvalue weighted by Crippen LogP contribution is -2.40. The van der Waals surface area contributed by atoms with Crippen LogP contribution in [-0.4, -0.2) is 15.2 Å². The Labute approximate surface area is 133 Å². The number of rotatable bonds is 5. The van der Waals surface area contributed by atoms with E-state index in [9.17, 15) is 18.1 Å². The second-order valence-corrected chi connectivity index (χ2v) is 8.09. The standard InChI is InChI=1S/C15H22F2N2O2S/c1-9(19-22(21)15(3,4)5)11-6-12(14(16)17)8-13(7-11)18-10(2)20/h6-9,14,19H,1-5H3,(H,18,20)/t9-,22+/m0/s1. The van der Waals surface area contributed by atoms with Crippen LogP contribution in [0, 0.1) is 0 Å². The molecule has 7 heteroatoms. The number of amides is 1. The highest BCUT2D eigenvalue weighted by Crippen LogP contribution is 2.28. The molecule has 124 valence electrons. The zero-order valence-electron chi connectivity index (χ0n) is 13.4. The number of hydrogen-bond acceptors (Lipinski definition) is 3. The van der Waals surface area contributed by atoms with E-state index >= 15 is 0 Å². The lowest BCUT2D eigenvalue weighted by molar-refractivity contribution is -0.114.